The lowest BCUT2D eigenvalue weighted by Crippen LogP contribution is -2.23. The van der Waals surface area contributed by atoms with E-state index in [0.717, 1.165) is 5.69 Å². The Balaban J connectivity index is 1.73. The van der Waals surface area contributed by atoms with E-state index in [9.17, 15) is 4.79 Å². The Hall–Kier alpha value is -2.69. The number of aromatic nitrogens is 2. The topological polar surface area (TPSA) is 68.0 Å². The predicted molar refractivity (Wildman–Crippen MR) is 69.4 cm³/mol. The fraction of sp³-hybridized carbons (Fsp3) is 0.0714. The van der Waals surface area contributed by atoms with Crippen molar-refractivity contribution in [1.82, 2.24) is 15.3 Å². The largest absolute Gasteiger partial charge is 0.443 e. The average Bonchev–Trinajstić information content (AvgIpc) is 2.93. The summed E-state index contributed by atoms with van der Waals surface area (Å²) in [4.78, 5) is 20.2. The number of hydrogen-bond acceptors (Lipinski definition) is 4. The highest BCUT2D eigenvalue weighted by molar-refractivity contribution is 5.96. The van der Waals surface area contributed by atoms with E-state index in [4.69, 9.17) is 4.42 Å². The lowest BCUT2D eigenvalue weighted by Gasteiger charge is -2.04. The van der Waals surface area contributed by atoms with Crippen LogP contribution in [0.4, 0.5) is 0 Å². The number of carbonyl (C=O) groups is 1. The fourth-order valence-electron chi connectivity index (χ4n) is 1.77. The van der Waals surface area contributed by atoms with Gasteiger partial charge in [-0.3, -0.25) is 9.78 Å². The molecule has 1 N–H and O–H groups in total. The van der Waals surface area contributed by atoms with Crippen molar-refractivity contribution in [1.29, 1.82) is 0 Å². The number of nitrogens with zero attached hydrogens (tertiary/aromatic N) is 2. The first-order chi connectivity index (χ1) is 9.33. The first-order valence-corrected chi connectivity index (χ1v) is 5.84. The van der Waals surface area contributed by atoms with Gasteiger partial charge in [-0.05, 0) is 30.3 Å². The van der Waals surface area contributed by atoms with E-state index in [0.29, 0.717) is 23.2 Å². The van der Waals surface area contributed by atoms with E-state index in [-0.39, 0.29) is 5.91 Å². The van der Waals surface area contributed by atoms with Crippen LogP contribution in [0.25, 0.3) is 11.1 Å². The minimum absolute atomic E-state index is 0.157. The summed E-state index contributed by atoms with van der Waals surface area (Å²) in [6.45, 7) is 0.399. The van der Waals surface area contributed by atoms with Gasteiger partial charge in [0.05, 0.1) is 12.2 Å². The van der Waals surface area contributed by atoms with Crippen molar-refractivity contribution in [2.24, 2.45) is 0 Å². The van der Waals surface area contributed by atoms with Gasteiger partial charge < -0.3 is 9.73 Å². The van der Waals surface area contributed by atoms with Crippen molar-refractivity contribution < 1.29 is 9.21 Å². The molecular formula is C14H11N3O2. The highest BCUT2D eigenvalue weighted by Gasteiger charge is 2.08. The smallest absolute Gasteiger partial charge is 0.251 e. The van der Waals surface area contributed by atoms with E-state index in [1.165, 1.54) is 6.39 Å². The standard InChI is InChI=1S/C14H11N3O2/c18-14(16-8-11-3-1-2-6-15-11)10-4-5-13-12(7-10)17-9-19-13/h1-7,9H,8H2,(H,16,18). The van der Waals surface area contributed by atoms with Crippen LogP contribution >= 0.6 is 0 Å². The van der Waals surface area contributed by atoms with Crippen LogP contribution in [0.2, 0.25) is 0 Å². The molecule has 0 saturated heterocycles. The molecule has 0 fully saturated rings. The Morgan fingerprint density at radius 2 is 2.16 bits per heavy atom. The van der Waals surface area contributed by atoms with Crippen LogP contribution in [-0.2, 0) is 6.54 Å². The van der Waals surface area contributed by atoms with Gasteiger partial charge in [0.25, 0.3) is 5.91 Å². The van der Waals surface area contributed by atoms with Crippen molar-refractivity contribution >= 4 is 17.0 Å². The van der Waals surface area contributed by atoms with Crippen LogP contribution in [0.3, 0.4) is 0 Å². The Morgan fingerprint density at radius 1 is 1.21 bits per heavy atom. The fourth-order valence-corrected chi connectivity index (χ4v) is 1.77. The Morgan fingerprint density at radius 3 is 3.00 bits per heavy atom. The van der Waals surface area contributed by atoms with Gasteiger partial charge in [0, 0.05) is 11.8 Å². The number of hydrogen-bond donors (Lipinski definition) is 1. The Bertz CT molecular complexity index is 707. The van der Waals surface area contributed by atoms with Crippen molar-refractivity contribution in [2.45, 2.75) is 6.54 Å². The van der Waals surface area contributed by atoms with Crippen molar-refractivity contribution in [3.05, 3.63) is 60.2 Å². The summed E-state index contributed by atoms with van der Waals surface area (Å²) in [5, 5.41) is 2.81. The Labute approximate surface area is 109 Å². The second-order valence-corrected chi connectivity index (χ2v) is 4.04. The van der Waals surface area contributed by atoms with E-state index in [2.05, 4.69) is 15.3 Å². The molecule has 5 heteroatoms. The molecule has 94 valence electrons. The third-order valence-corrected chi connectivity index (χ3v) is 2.75. The summed E-state index contributed by atoms with van der Waals surface area (Å²) < 4.78 is 5.13. The number of oxazole rings is 1. The zero-order valence-electron chi connectivity index (χ0n) is 10.0. The van der Waals surface area contributed by atoms with Gasteiger partial charge in [0.15, 0.2) is 12.0 Å². The molecule has 0 aliphatic heterocycles. The monoisotopic (exact) mass is 253 g/mol. The van der Waals surface area contributed by atoms with Crippen LogP contribution < -0.4 is 5.32 Å². The molecule has 1 aromatic carbocycles. The van der Waals surface area contributed by atoms with E-state index >= 15 is 0 Å². The van der Waals surface area contributed by atoms with Crippen LogP contribution in [0.5, 0.6) is 0 Å². The van der Waals surface area contributed by atoms with Gasteiger partial charge in [0.2, 0.25) is 0 Å². The molecule has 0 radical (unpaired) electrons. The molecule has 0 atom stereocenters. The average molecular weight is 253 g/mol. The third kappa shape index (κ3) is 2.44. The molecule has 3 rings (SSSR count). The van der Waals surface area contributed by atoms with Gasteiger partial charge >= 0.3 is 0 Å². The van der Waals surface area contributed by atoms with Crippen LogP contribution in [0.1, 0.15) is 16.1 Å². The maximum Gasteiger partial charge on any atom is 0.251 e. The quantitative estimate of drug-likeness (QED) is 0.776. The van der Waals surface area contributed by atoms with Crippen LogP contribution in [-0.4, -0.2) is 15.9 Å². The summed E-state index contributed by atoms with van der Waals surface area (Å²) in [7, 11) is 0. The van der Waals surface area contributed by atoms with Gasteiger partial charge in [-0.15, -0.1) is 0 Å². The van der Waals surface area contributed by atoms with Gasteiger partial charge in [0.1, 0.15) is 5.52 Å². The molecule has 0 aliphatic rings. The second-order valence-electron chi connectivity index (χ2n) is 4.04. The first-order valence-electron chi connectivity index (χ1n) is 5.84. The number of benzene rings is 1. The molecule has 5 nitrogen and oxygen atoms in total. The number of pyridine rings is 1. The SMILES string of the molecule is O=C(NCc1ccccn1)c1ccc2ocnc2c1. The molecule has 0 saturated carbocycles. The molecule has 0 spiro atoms. The molecule has 0 aliphatic carbocycles. The van der Waals surface area contributed by atoms with Crippen LogP contribution in [0.15, 0.2) is 53.4 Å². The number of fused-ring (bicyclic) bond motifs is 1. The zero-order chi connectivity index (χ0) is 13.1. The molecule has 0 bridgehead atoms. The summed E-state index contributed by atoms with van der Waals surface area (Å²) in [5.74, 6) is -0.157. The van der Waals surface area contributed by atoms with Gasteiger partial charge in [-0.1, -0.05) is 6.07 Å². The van der Waals surface area contributed by atoms with E-state index in [1.54, 1.807) is 24.4 Å². The van der Waals surface area contributed by atoms with Crippen molar-refractivity contribution in [3.8, 4) is 0 Å². The van der Waals surface area contributed by atoms with E-state index in [1.807, 2.05) is 18.2 Å². The molecule has 2 heterocycles. The maximum atomic E-state index is 12.0. The van der Waals surface area contributed by atoms with E-state index < -0.39 is 0 Å². The zero-order valence-corrected chi connectivity index (χ0v) is 10.0. The highest BCUT2D eigenvalue weighted by atomic mass is 16.3. The molecule has 2 aromatic heterocycles. The first kappa shape index (κ1) is 11.4. The number of amides is 1. The molecule has 0 unspecified atom stereocenters. The Kier molecular flexibility index (Phi) is 2.94. The minimum atomic E-state index is -0.157. The molecule has 1 amide bonds. The third-order valence-electron chi connectivity index (χ3n) is 2.75. The molecule has 3 aromatic rings. The molecular weight excluding hydrogens is 242 g/mol. The number of rotatable bonds is 3. The predicted octanol–water partition coefficient (Wildman–Crippen LogP) is 2.15. The normalized spacial score (nSPS) is 10.5. The van der Waals surface area contributed by atoms with Crippen LogP contribution in [0, 0.1) is 0 Å². The summed E-state index contributed by atoms with van der Waals surface area (Å²) in [6, 6.07) is 10.7. The number of carbonyl (C=O) groups excluding carboxylic acids is 1. The van der Waals surface area contributed by atoms with Gasteiger partial charge in [-0.25, -0.2) is 4.98 Å². The summed E-state index contributed by atoms with van der Waals surface area (Å²) in [6.07, 6.45) is 3.06. The van der Waals surface area contributed by atoms with Gasteiger partial charge in [-0.2, -0.15) is 0 Å². The lowest BCUT2D eigenvalue weighted by molar-refractivity contribution is 0.0950. The van der Waals surface area contributed by atoms with Crippen molar-refractivity contribution in [2.75, 3.05) is 0 Å². The second kappa shape index (κ2) is 4.89. The number of nitrogens with one attached hydrogen (secondary N) is 1. The van der Waals surface area contributed by atoms with Crippen molar-refractivity contribution in [3.63, 3.8) is 0 Å². The highest BCUT2D eigenvalue weighted by Crippen LogP contribution is 2.14. The summed E-state index contributed by atoms with van der Waals surface area (Å²) in [5.41, 5.74) is 2.71. The summed E-state index contributed by atoms with van der Waals surface area (Å²) >= 11 is 0. The minimum Gasteiger partial charge on any atom is -0.443 e. The molecule has 19 heavy (non-hydrogen) atoms. The lowest BCUT2D eigenvalue weighted by atomic mass is 10.2. The maximum absolute atomic E-state index is 12.0.